The third kappa shape index (κ3) is 3.44. The molecule has 0 aromatic carbocycles. The number of nitrogens with zero attached hydrogens (tertiary/aromatic N) is 4. The van der Waals surface area contributed by atoms with Crippen molar-refractivity contribution in [2.75, 3.05) is 0 Å². The molecule has 1 atom stereocenters. The minimum Gasteiger partial charge on any atom is -0.304 e. The molecule has 0 aliphatic heterocycles. The second-order valence-corrected chi connectivity index (χ2v) is 5.09. The molecule has 1 N–H and O–H groups in total. The minimum absolute atomic E-state index is 0.0112. The van der Waals surface area contributed by atoms with Crippen molar-refractivity contribution in [1.82, 2.24) is 24.9 Å². The number of nitrogens with one attached hydrogen (secondary N) is 1. The first kappa shape index (κ1) is 15.6. The van der Waals surface area contributed by atoms with Gasteiger partial charge in [-0.1, -0.05) is 0 Å². The first-order chi connectivity index (χ1) is 9.68. The van der Waals surface area contributed by atoms with Crippen LogP contribution in [0.25, 0.3) is 0 Å². The summed E-state index contributed by atoms with van der Waals surface area (Å²) in [5, 5.41) is 10.9. The SMILES string of the molecule is Cc1nn(C)cc1C(C)NCc1cc(C(F)(F)F)nn1C. The molecule has 5 nitrogen and oxygen atoms in total. The molecule has 0 radical (unpaired) electrons. The molecule has 2 aromatic rings. The molecule has 0 saturated heterocycles. The van der Waals surface area contributed by atoms with Crippen LogP contribution < -0.4 is 5.32 Å². The number of hydrogen-bond donors (Lipinski definition) is 1. The van der Waals surface area contributed by atoms with Gasteiger partial charge in [0.05, 0.1) is 11.4 Å². The van der Waals surface area contributed by atoms with Gasteiger partial charge in [0, 0.05) is 38.4 Å². The zero-order chi connectivity index (χ0) is 15.8. The van der Waals surface area contributed by atoms with E-state index in [0.29, 0.717) is 12.2 Å². The summed E-state index contributed by atoms with van der Waals surface area (Å²) in [4.78, 5) is 0. The van der Waals surface area contributed by atoms with Gasteiger partial charge < -0.3 is 5.32 Å². The molecule has 2 rings (SSSR count). The van der Waals surface area contributed by atoms with Crippen LogP contribution in [0, 0.1) is 6.92 Å². The second-order valence-electron chi connectivity index (χ2n) is 5.09. The highest BCUT2D eigenvalue weighted by Gasteiger charge is 2.34. The fourth-order valence-electron chi connectivity index (χ4n) is 2.22. The van der Waals surface area contributed by atoms with Crippen molar-refractivity contribution in [3.8, 4) is 0 Å². The highest BCUT2D eigenvalue weighted by molar-refractivity contribution is 5.20. The Balaban J connectivity index is 2.06. The van der Waals surface area contributed by atoms with Gasteiger partial charge in [-0.15, -0.1) is 0 Å². The molecule has 8 heteroatoms. The highest BCUT2D eigenvalue weighted by Crippen LogP contribution is 2.28. The van der Waals surface area contributed by atoms with Gasteiger partial charge >= 0.3 is 6.18 Å². The molecule has 116 valence electrons. The first-order valence-electron chi connectivity index (χ1n) is 6.52. The molecule has 0 aliphatic rings. The fraction of sp³-hybridized carbons (Fsp3) is 0.538. The van der Waals surface area contributed by atoms with Crippen molar-refractivity contribution in [1.29, 1.82) is 0 Å². The van der Waals surface area contributed by atoms with Crippen LogP contribution in [0.3, 0.4) is 0 Å². The van der Waals surface area contributed by atoms with E-state index in [1.165, 1.54) is 11.7 Å². The van der Waals surface area contributed by atoms with Gasteiger partial charge in [-0.3, -0.25) is 9.36 Å². The minimum atomic E-state index is -4.42. The lowest BCUT2D eigenvalue weighted by Gasteiger charge is -2.13. The zero-order valence-corrected chi connectivity index (χ0v) is 12.4. The predicted molar refractivity (Wildman–Crippen MR) is 71.4 cm³/mol. The summed E-state index contributed by atoms with van der Waals surface area (Å²) < 4.78 is 40.7. The van der Waals surface area contributed by atoms with Crippen LogP contribution in [-0.2, 0) is 26.8 Å². The smallest absolute Gasteiger partial charge is 0.304 e. The van der Waals surface area contributed by atoms with E-state index in [1.54, 1.807) is 4.68 Å². The largest absolute Gasteiger partial charge is 0.435 e. The lowest BCUT2D eigenvalue weighted by molar-refractivity contribution is -0.141. The van der Waals surface area contributed by atoms with Gasteiger partial charge in [0.25, 0.3) is 0 Å². The second kappa shape index (κ2) is 5.51. The third-order valence-corrected chi connectivity index (χ3v) is 3.37. The zero-order valence-electron chi connectivity index (χ0n) is 12.4. The van der Waals surface area contributed by atoms with Crippen molar-refractivity contribution in [3.63, 3.8) is 0 Å². The van der Waals surface area contributed by atoms with E-state index >= 15 is 0 Å². The normalized spacial score (nSPS) is 13.7. The molecular weight excluding hydrogens is 283 g/mol. The Morgan fingerprint density at radius 3 is 2.43 bits per heavy atom. The van der Waals surface area contributed by atoms with Gasteiger partial charge in [0.2, 0.25) is 0 Å². The lowest BCUT2D eigenvalue weighted by atomic mass is 10.1. The maximum Gasteiger partial charge on any atom is 0.435 e. The van der Waals surface area contributed by atoms with Crippen LogP contribution in [0.1, 0.15) is 35.6 Å². The van der Waals surface area contributed by atoms with Gasteiger partial charge in [-0.05, 0) is 19.9 Å². The first-order valence-corrected chi connectivity index (χ1v) is 6.52. The lowest BCUT2D eigenvalue weighted by Crippen LogP contribution is -2.20. The van der Waals surface area contributed by atoms with Gasteiger partial charge in [0.1, 0.15) is 0 Å². The molecule has 0 bridgehead atoms. The standard InChI is InChI=1S/C13H18F3N5/c1-8(11-7-20(3)18-9(11)2)17-6-10-5-12(13(14,15)16)19-21(10)4/h5,7-8,17H,6H2,1-4H3. The Morgan fingerprint density at radius 1 is 1.29 bits per heavy atom. The van der Waals surface area contributed by atoms with E-state index in [9.17, 15) is 13.2 Å². The third-order valence-electron chi connectivity index (χ3n) is 3.37. The van der Waals surface area contributed by atoms with Crippen molar-refractivity contribution in [3.05, 3.63) is 34.9 Å². The summed E-state index contributed by atoms with van der Waals surface area (Å²) in [6.45, 7) is 4.15. The number of aryl methyl sites for hydroxylation is 3. The summed E-state index contributed by atoms with van der Waals surface area (Å²) in [6.07, 6.45) is -2.51. The maximum absolute atomic E-state index is 12.6. The number of alkyl halides is 3. The summed E-state index contributed by atoms with van der Waals surface area (Å²) in [5.41, 5.74) is 1.54. The van der Waals surface area contributed by atoms with Crippen molar-refractivity contribution in [2.24, 2.45) is 14.1 Å². The van der Waals surface area contributed by atoms with Crippen molar-refractivity contribution in [2.45, 2.75) is 32.6 Å². The van der Waals surface area contributed by atoms with Gasteiger partial charge in [-0.25, -0.2) is 0 Å². The fourth-order valence-corrected chi connectivity index (χ4v) is 2.22. The number of rotatable bonds is 4. The Labute approximate surface area is 120 Å². The monoisotopic (exact) mass is 301 g/mol. The van der Waals surface area contributed by atoms with Crippen molar-refractivity contribution < 1.29 is 13.2 Å². The topological polar surface area (TPSA) is 47.7 Å². The van der Waals surface area contributed by atoms with Crippen LogP contribution in [-0.4, -0.2) is 19.6 Å². The number of halogens is 3. The van der Waals surface area contributed by atoms with Crippen LogP contribution in [0.5, 0.6) is 0 Å². The molecule has 2 aromatic heterocycles. The van der Waals surface area contributed by atoms with E-state index in [0.717, 1.165) is 17.3 Å². The maximum atomic E-state index is 12.6. The Morgan fingerprint density at radius 2 is 1.95 bits per heavy atom. The van der Waals surface area contributed by atoms with Gasteiger partial charge in [-0.2, -0.15) is 23.4 Å². The summed E-state index contributed by atoms with van der Waals surface area (Å²) in [6, 6.07) is 1.05. The van der Waals surface area contributed by atoms with Crippen molar-refractivity contribution >= 4 is 0 Å². The van der Waals surface area contributed by atoms with E-state index < -0.39 is 11.9 Å². The molecule has 0 aliphatic carbocycles. The average molecular weight is 301 g/mol. The Kier molecular flexibility index (Phi) is 4.08. The molecular formula is C13H18F3N5. The summed E-state index contributed by atoms with van der Waals surface area (Å²) in [7, 11) is 3.34. The summed E-state index contributed by atoms with van der Waals surface area (Å²) >= 11 is 0. The average Bonchev–Trinajstić information content (AvgIpc) is 2.89. The Hall–Kier alpha value is -1.83. The number of aromatic nitrogens is 4. The molecule has 0 amide bonds. The van der Waals surface area contributed by atoms with E-state index in [4.69, 9.17) is 0 Å². The van der Waals surface area contributed by atoms with E-state index in [-0.39, 0.29) is 6.04 Å². The van der Waals surface area contributed by atoms with Crippen LogP contribution in [0.2, 0.25) is 0 Å². The molecule has 21 heavy (non-hydrogen) atoms. The highest BCUT2D eigenvalue weighted by atomic mass is 19.4. The number of hydrogen-bond acceptors (Lipinski definition) is 3. The predicted octanol–water partition coefficient (Wildman–Crippen LogP) is 2.33. The molecule has 1 unspecified atom stereocenters. The van der Waals surface area contributed by atoms with Crippen LogP contribution in [0.15, 0.2) is 12.3 Å². The quantitative estimate of drug-likeness (QED) is 0.943. The molecule has 0 spiro atoms. The molecule has 0 saturated carbocycles. The van der Waals surface area contributed by atoms with Crippen LogP contribution in [0.4, 0.5) is 13.2 Å². The van der Waals surface area contributed by atoms with Crippen LogP contribution >= 0.6 is 0 Å². The summed E-state index contributed by atoms with van der Waals surface area (Å²) in [5.74, 6) is 0. The molecule has 2 heterocycles. The molecule has 0 fully saturated rings. The Bertz CT molecular complexity index is 626. The van der Waals surface area contributed by atoms with Gasteiger partial charge in [0.15, 0.2) is 5.69 Å². The van der Waals surface area contributed by atoms with E-state index in [2.05, 4.69) is 15.5 Å². The van der Waals surface area contributed by atoms with E-state index in [1.807, 2.05) is 27.1 Å².